The molecule has 0 radical (unpaired) electrons. The van der Waals surface area contributed by atoms with E-state index in [9.17, 15) is 5.11 Å². The van der Waals surface area contributed by atoms with Crippen molar-refractivity contribution in [3.8, 4) is 0 Å². The van der Waals surface area contributed by atoms with Crippen molar-refractivity contribution >= 4 is 11.3 Å². The Bertz CT molecular complexity index is 332. The van der Waals surface area contributed by atoms with Crippen molar-refractivity contribution in [1.82, 2.24) is 9.80 Å². The van der Waals surface area contributed by atoms with Crippen LogP contribution in [0.4, 0.5) is 0 Å². The predicted molar refractivity (Wildman–Crippen MR) is 77.0 cm³/mol. The van der Waals surface area contributed by atoms with E-state index in [1.54, 1.807) is 11.3 Å². The Hall–Kier alpha value is -0.420. The summed E-state index contributed by atoms with van der Waals surface area (Å²) < 4.78 is 0. The van der Waals surface area contributed by atoms with Crippen LogP contribution < -0.4 is 0 Å². The van der Waals surface area contributed by atoms with Gasteiger partial charge >= 0.3 is 0 Å². The second-order valence-electron chi connectivity index (χ2n) is 5.44. The van der Waals surface area contributed by atoms with Gasteiger partial charge in [-0.05, 0) is 17.4 Å². The molecule has 0 amide bonds. The van der Waals surface area contributed by atoms with Crippen molar-refractivity contribution < 1.29 is 5.11 Å². The molecule has 3 nitrogen and oxygen atoms in total. The summed E-state index contributed by atoms with van der Waals surface area (Å²) in [6.07, 6.45) is 0. The normalized spacial score (nSPS) is 20.4. The van der Waals surface area contributed by atoms with Crippen LogP contribution in [0.25, 0.3) is 0 Å². The summed E-state index contributed by atoms with van der Waals surface area (Å²) in [7, 11) is 0. The predicted octanol–water partition coefficient (Wildman–Crippen LogP) is 2.06. The second-order valence-corrected chi connectivity index (χ2v) is 6.42. The van der Waals surface area contributed by atoms with E-state index in [2.05, 4.69) is 41.2 Å². The molecule has 4 heteroatoms. The van der Waals surface area contributed by atoms with Gasteiger partial charge in [0.05, 0.1) is 12.6 Å². The molecular formula is C14H24N2OS. The van der Waals surface area contributed by atoms with Crippen molar-refractivity contribution in [2.45, 2.75) is 19.9 Å². The topological polar surface area (TPSA) is 26.7 Å². The maximum atomic E-state index is 9.61. The highest BCUT2D eigenvalue weighted by molar-refractivity contribution is 7.10. The lowest BCUT2D eigenvalue weighted by atomic mass is 10.1. The number of piperazine rings is 1. The highest BCUT2D eigenvalue weighted by atomic mass is 32.1. The SMILES string of the molecule is CC(C)CN1CCN(C(CO)c2cccs2)CC1. The van der Waals surface area contributed by atoms with Gasteiger partial charge in [-0.15, -0.1) is 11.3 Å². The quantitative estimate of drug-likeness (QED) is 0.885. The Balaban J connectivity index is 1.88. The van der Waals surface area contributed by atoms with Crippen LogP contribution in [-0.2, 0) is 0 Å². The van der Waals surface area contributed by atoms with Crippen molar-refractivity contribution in [3.05, 3.63) is 22.4 Å². The maximum absolute atomic E-state index is 9.61. The van der Waals surface area contributed by atoms with E-state index in [1.807, 2.05) is 0 Å². The van der Waals surface area contributed by atoms with Crippen LogP contribution in [0.2, 0.25) is 0 Å². The first-order chi connectivity index (χ1) is 8.70. The Morgan fingerprint density at radius 3 is 2.50 bits per heavy atom. The Morgan fingerprint density at radius 2 is 2.00 bits per heavy atom. The molecule has 1 unspecified atom stereocenters. The summed E-state index contributed by atoms with van der Waals surface area (Å²) in [6.45, 7) is 10.3. The van der Waals surface area contributed by atoms with Gasteiger partial charge in [0.15, 0.2) is 0 Å². The molecule has 1 aromatic rings. The minimum Gasteiger partial charge on any atom is -0.394 e. The molecule has 1 atom stereocenters. The van der Waals surface area contributed by atoms with E-state index in [0.717, 1.165) is 32.1 Å². The zero-order valence-corrected chi connectivity index (χ0v) is 12.2. The number of hydrogen-bond acceptors (Lipinski definition) is 4. The zero-order chi connectivity index (χ0) is 13.0. The van der Waals surface area contributed by atoms with E-state index in [1.165, 1.54) is 11.4 Å². The minimum atomic E-state index is 0.200. The fourth-order valence-electron chi connectivity index (χ4n) is 2.64. The molecule has 1 N–H and O–H groups in total. The van der Waals surface area contributed by atoms with Gasteiger partial charge in [0.25, 0.3) is 0 Å². The van der Waals surface area contributed by atoms with Crippen molar-refractivity contribution in [1.29, 1.82) is 0 Å². The fourth-order valence-corrected chi connectivity index (χ4v) is 3.49. The Kier molecular flexibility index (Phi) is 5.18. The van der Waals surface area contributed by atoms with E-state index in [0.29, 0.717) is 0 Å². The molecule has 1 aliphatic heterocycles. The summed E-state index contributed by atoms with van der Waals surface area (Å²) in [4.78, 5) is 6.24. The molecule has 0 spiro atoms. The van der Waals surface area contributed by atoms with E-state index in [-0.39, 0.29) is 12.6 Å². The first-order valence-electron chi connectivity index (χ1n) is 6.81. The van der Waals surface area contributed by atoms with Crippen LogP contribution >= 0.6 is 11.3 Å². The third kappa shape index (κ3) is 3.54. The third-order valence-corrected chi connectivity index (χ3v) is 4.49. The molecule has 18 heavy (non-hydrogen) atoms. The molecule has 2 rings (SSSR count). The van der Waals surface area contributed by atoms with Crippen LogP contribution in [0, 0.1) is 5.92 Å². The highest BCUT2D eigenvalue weighted by Crippen LogP contribution is 2.25. The molecule has 0 aromatic carbocycles. The van der Waals surface area contributed by atoms with Crippen LogP contribution in [0.5, 0.6) is 0 Å². The van der Waals surface area contributed by atoms with Crippen LogP contribution in [0.15, 0.2) is 17.5 Å². The molecule has 102 valence electrons. The van der Waals surface area contributed by atoms with Gasteiger partial charge in [-0.2, -0.15) is 0 Å². The number of hydrogen-bond donors (Lipinski definition) is 1. The molecule has 1 saturated heterocycles. The Labute approximate surface area is 114 Å². The van der Waals surface area contributed by atoms with Crippen molar-refractivity contribution in [3.63, 3.8) is 0 Å². The molecule has 0 saturated carbocycles. The lowest BCUT2D eigenvalue weighted by molar-refractivity contribution is 0.0621. The number of thiophene rings is 1. The zero-order valence-electron chi connectivity index (χ0n) is 11.4. The molecule has 0 aliphatic carbocycles. The van der Waals surface area contributed by atoms with Gasteiger partial charge in [-0.1, -0.05) is 19.9 Å². The van der Waals surface area contributed by atoms with Gasteiger partial charge in [-0.3, -0.25) is 4.90 Å². The van der Waals surface area contributed by atoms with Gasteiger partial charge < -0.3 is 10.0 Å². The summed E-state index contributed by atoms with van der Waals surface area (Å²) in [5, 5.41) is 11.7. The average molecular weight is 268 g/mol. The smallest absolute Gasteiger partial charge is 0.0675 e. The van der Waals surface area contributed by atoms with Crippen LogP contribution in [0.3, 0.4) is 0 Å². The van der Waals surface area contributed by atoms with E-state index < -0.39 is 0 Å². The molecule has 1 aromatic heterocycles. The Morgan fingerprint density at radius 1 is 1.28 bits per heavy atom. The highest BCUT2D eigenvalue weighted by Gasteiger charge is 2.25. The second kappa shape index (κ2) is 6.66. The minimum absolute atomic E-state index is 0.200. The molecular weight excluding hydrogens is 244 g/mol. The number of nitrogens with zero attached hydrogens (tertiary/aromatic N) is 2. The monoisotopic (exact) mass is 268 g/mol. The largest absolute Gasteiger partial charge is 0.394 e. The van der Waals surface area contributed by atoms with Gasteiger partial charge in [0, 0.05) is 37.6 Å². The van der Waals surface area contributed by atoms with Gasteiger partial charge in [0.2, 0.25) is 0 Å². The lowest BCUT2D eigenvalue weighted by Gasteiger charge is -2.39. The number of rotatable bonds is 5. The lowest BCUT2D eigenvalue weighted by Crippen LogP contribution is -2.49. The number of aliphatic hydroxyl groups excluding tert-OH is 1. The van der Waals surface area contributed by atoms with Crippen molar-refractivity contribution in [2.24, 2.45) is 5.92 Å². The van der Waals surface area contributed by atoms with Gasteiger partial charge in [0.1, 0.15) is 0 Å². The van der Waals surface area contributed by atoms with E-state index in [4.69, 9.17) is 0 Å². The molecule has 0 bridgehead atoms. The van der Waals surface area contributed by atoms with E-state index >= 15 is 0 Å². The first-order valence-corrected chi connectivity index (χ1v) is 7.69. The van der Waals surface area contributed by atoms with Gasteiger partial charge in [-0.25, -0.2) is 0 Å². The first kappa shape index (κ1) is 14.0. The molecule has 1 fully saturated rings. The molecule has 2 heterocycles. The summed E-state index contributed by atoms with van der Waals surface area (Å²) in [5.74, 6) is 0.738. The van der Waals surface area contributed by atoms with Crippen LogP contribution in [0.1, 0.15) is 24.8 Å². The molecule has 1 aliphatic rings. The average Bonchev–Trinajstić information content (AvgIpc) is 2.85. The summed E-state index contributed by atoms with van der Waals surface area (Å²) in [5.41, 5.74) is 0. The standard InChI is InChI=1S/C14H24N2OS/c1-12(2)10-15-5-7-16(8-6-15)13(11-17)14-4-3-9-18-14/h3-4,9,12-13,17H,5-8,10-11H2,1-2H3. The van der Waals surface area contributed by atoms with Crippen molar-refractivity contribution in [2.75, 3.05) is 39.3 Å². The summed E-state index contributed by atoms with van der Waals surface area (Å²) in [6, 6.07) is 4.40. The summed E-state index contributed by atoms with van der Waals surface area (Å²) >= 11 is 1.75. The fraction of sp³-hybridized carbons (Fsp3) is 0.714. The third-order valence-electron chi connectivity index (χ3n) is 3.52. The van der Waals surface area contributed by atoms with Crippen LogP contribution in [-0.4, -0.2) is 54.2 Å². The number of aliphatic hydroxyl groups is 1. The maximum Gasteiger partial charge on any atom is 0.0675 e.